The third-order valence-electron chi connectivity index (χ3n) is 3.72. The van der Waals surface area contributed by atoms with E-state index in [0.29, 0.717) is 5.56 Å². The zero-order chi connectivity index (χ0) is 15.5. The van der Waals surface area contributed by atoms with Crippen LogP contribution in [0.15, 0.2) is 52.9 Å². The molecule has 0 aliphatic carbocycles. The highest BCUT2D eigenvalue weighted by molar-refractivity contribution is 7.08. The van der Waals surface area contributed by atoms with Crippen LogP contribution >= 0.6 is 11.3 Å². The molecule has 3 rings (SSSR count). The van der Waals surface area contributed by atoms with E-state index in [0.717, 1.165) is 18.5 Å². The molecule has 0 saturated heterocycles. The Balaban J connectivity index is 1.89. The second-order valence-electron chi connectivity index (χ2n) is 5.30. The third-order valence-corrected chi connectivity index (χ3v) is 4.42. The summed E-state index contributed by atoms with van der Waals surface area (Å²) < 4.78 is 0. The second kappa shape index (κ2) is 6.34. The third kappa shape index (κ3) is 2.91. The monoisotopic (exact) mass is 314 g/mol. The Labute approximate surface area is 133 Å². The number of thiophene rings is 1. The Morgan fingerprint density at radius 1 is 1.41 bits per heavy atom. The molecule has 0 amide bonds. The number of nitrogens with one attached hydrogen (secondary N) is 1. The number of nitrogens with zero attached hydrogens (tertiary/aromatic N) is 1. The molecular weight excluding hydrogens is 296 g/mol. The fraction of sp³-hybridized carbons (Fsp3) is 0.235. The van der Waals surface area contributed by atoms with Crippen LogP contribution in [0.3, 0.4) is 0 Å². The molecule has 0 radical (unpaired) electrons. The Bertz CT molecular complexity index is 694. The minimum atomic E-state index is -0.909. The summed E-state index contributed by atoms with van der Waals surface area (Å²) in [7, 11) is 0. The maximum Gasteiger partial charge on any atom is 0.335 e. The molecule has 1 aliphatic heterocycles. The SMILES string of the molecule is CCCC1=CN(c2cccc(C(=O)O)c2)NC1c1ccsc1. The summed E-state index contributed by atoms with van der Waals surface area (Å²) >= 11 is 1.69. The number of carbonyl (C=O) groups is 1. The van der Waals surface area contributed by atoms with Gasteiger partial charge in [-0.1, -0.05) is 19.4 Å². The van der Waals surface area contributed by atoms with E-state index < -0.39 is 5.97 Å². The summed E-state index contributed by atoms with van der Waals surface area (Å²) in [6.07, 6.45) is 4.19. The molecule has 22 heavy (non-hydrogen) atoms. The Morgan fingerprint density at radius 3 is 2.95 bits per heavy atom. The molecule has 0 spiro atoms. The van der Waals surface area contributed by atoms with Gasteiger partial charge in [0.1, 0.15) is 0 Å². The molecule has 2 N–H and O–H groups in total. The van der Waals surface area contributed by atoms with Crippen molar-refractivity contribution < 1.29 is 9.90 Å². The summed E-state index contributed by atoms with van der Waals surface area (Å²) in [6.45, 7) is 2.17. The van der Waals surface area contributed by atoms with E-state index in [1.54, 1.807) is 29.5 Å². The molecule has 5 heteroatoms. The first kappa shape index (κ1) is 14.8. The van der Waals surface area contributed by atoms with Gasteiger partial charge >= 0.3 is 5.97 Å². The summed E-state index contributed by atoms with van der Waals surface area (Å²) in [5, 5.41) is 15.3. The molecule has 1 aliphatic rings. The lowest BCUT2D eigenvalue weighted by Gasteiger charge is -2.20. The number of carboxylic acid groups (broad SMARTS) is 1. The van der Waals surface area contributed by atoms with Crippen molar-refractivity contribution in [3.05, 3.63) is 64.0 Å². The van der Waals surface area contributed by atoms with Gasteiger partial charge < -0.3 is 5.11 Å². The van der Waals surface area contributed by atoms with Crippen molar-refractivity contribution in [3.8, 4) is 0 Å². The van der Waals surface area contributed by atoms with Gasteiger partial charge in [0.15, 0.2) is 0 Å². The lowest BCUT2D eigenvalue weighted by Crippen LogP contribution is -2.31. The molecule has 2 heterocycles. The predicted octanol–water partition coefficient (Wildman–Crippen LogP) is 4.20. The van der Waals surface area contributed by atoms with Gasteiger partial charge in [0.05, 0.1) is 17.3 Å². The van der Waals surface area contributed by atoms with Crippen molar-refractivity contribution in [1.29, 1.82) is 0 Å². The van der Waals surface area contributed by atoms with Crippen LogP contribution in [0, 0.1) is 0 Å². The van der Waals surface area contributed by atoms with Gasteiger partial charge in [-0.15, -0.1) is 0 Å². The first-order chi connectivity index (χ1) is 10.7. The van der Waals surface area contributed by atoms with Gasteiger partial charge in [0.2, 0.25) is 0 Å². The van der Waals surface area contributed by atoms with Gasteiger partial charge in [0, 0.05) is 6.20 Å². The normalized spacial score (nSPS) is 17.6. The van der Waals surface area contributed by atoms with E-state index in [2.05, 4.69) is 35.4 Å². The Kier molecular flexibility index (Phi) is 4.27. The number of aromatic carboxylic acids is 1. The van der Waals surface area contributed by atoms with E-state index in [-0.39, 0.29) is 6.04 Å². The van der Waals surface area contributed by atoms with E-state index >= 15 is 0 Å². The van der Waals surface area contributed by atoms with Gasteiger partial charge in [-0.25, -0.2) is 10.2 Å². The minimum Gasteiger partial charge on any atom is -0.478 e. The summed E-state index contributed by atoms with van der Waals surface area (Å²) in [5.41, 5.74) is 7.17. The average Bonchev–Trinajstić information content (AvgIpc) is 3.16. The van der Waals surface area contributed by atoms with Gasteiger partial charge in [0.25, 0.3) is 0 Å². The molecular formula is C17H18N2O2S. The average molecular weight is 314 g/mol. The van der Waals surface area contributed by atoms with Crippen LogP contribution < -0.4 is 10.4 Å². The lowest BCUT2D eigenvalue weighted by molar-refractivity contribution is 0.0697. The van der Waals surface area contributed by atoms with Gasteiger partial charge in [-0.2, -0.15) is 11.3 Å². The standard InChI is InChI=1S/C17H18N2O2S/c1-2-4-13-10-19(18-16(13)14-7-8-22-11-14)15-6-3-5-12(9-15)17(20)21/h3,5-11,16,18H,2,4H2,1H3,(H,20,21). The first-order valence-electron chi connectivity index (χ1n) is 7.30. The van der Waals surface area contributed by atoms with Gasteiger partial charge in [-0.3, -0.25) is 5.01 Å². The van der Waals surface area contributed by atoms with Crippen LogP contribution in [-0.4, -0.2) is 11.1 Å². The molecule has 4 nitrogen and oxygen atoms in total. The van der Waals surface area contributed by atoms with Crippen molar-refractivity contribution in [3.63, 3.8) is 0 Å². The van der Waals surface area contributed by atoms with Crippen LogP contribution in [0.1, 0.15) is 41.7 Å². The van der Waals surface area contributed by atoms with Gasteiger partial charge in [-0.05, 0) is 52.6 Å². The van der Waals surface area contributed by atoms with Crippen LogP contribution in [-0.2, 0) is 0 Å². The fourth-order valence-corrected chi connectivity index (χ4v) is 3.35. The maximum absolute atomic E-state index is 11.1. The van der Waals surface area contributed by atoms with E-state index in [9.17, 15) is 4.79 Å². The van der Waals surface area contributed by atoms with Crippen molar-refractivity contribution >= 4 is 23.0 Å². The topological polar surface area (TPSA) is 52.6 Å². The number of hydrogen-bond donors (Lipinski definition) is 2. The smallest absolute Gasteiger partial charge is 0.335 e. The maximum atomic E-state index is 11.1. The Morgan fingerprint density at radius 2 is 2.27 bits per heavy atom. The van der Waals surface area contributed by atoms with E-state index in [1.807, 2.05) is 11.1 Å². The minimum absolute atomic E-state index is 0.166. The quantitative estimate of drug-likeness (QED) is 0.868. The van der Waals surface area contributed by atoms with Crippen LogP contribution in [0.5, 0.6) is 0 Å². The predicted molar refractivity (Wildman–Crippen MR) is 89.1 cm³/mol. The summed E-state index contributed by atoms with van der Waals surface area (Å²) in [5.74, 6) is -0.909. The van der Waals surface area contributed by atoms with Crippen molar-refractivity contribution in [2.75, 3.05) is 5.01 Å². The number of carboxylic acids is 1. The van der Waals surface area contributed by atoms with Crippen LogP contribution in [0.25, 0.3) is 0 Å². The first-order valence-corrected chi connectivity index (χ1v) is 8.24. The van der Waals surface area contributed by atoms with E-state index in [1.165, 1.54) is 11.1 Å². The highest BCUT2D eigenvalue weighted by Gasteiger charge is 2.26. The molecule has 0 bridgehead atoms. The zero-order valence-electron chi connectivity index (χ0n) is 12.3. The number of rotatable bonds is 5. The zero-order valence-corrected chi connectivity index (χ0v) is 13.1. The number of hydrazine groups is 1. The second-order valence-corrected chi connectivity index (χ2v) is 6.08. The van der Waals surface area contributed by atoms with Crippen LogP contribution in [0.2, 0.25) is 0 Å². The molecule has 1 aromatic heterocycles. The lowest BCUT2D eigenvalue weighted by atomic mass is 10.0. The van der Waals surface area contributed by atoms with Crippen LogP contribution in [0.4, 0.5) is 5.69 Å². The number of anilines is 1. The van der Waals surface area contributed by atoms with Crippen molar-refractivity contribution in [1.82, 2.24) is 5.43 Å². The Hall–Kier alpha value is -2.11. The number of benzene rings is 1. The molecule has 0 saturated carbocycles. The fourth-order valence-electron chi connectivity index (χ4n) is 2.66. The molecule has 0 fully saturated rings. The highest BCUT2D eigenvalue weighted by atomic mass is 32.1. The number of hydrogen-bond acceptors (Lipinski definition) is 4. The summed E-state index contributed by atoms with van der Waals surface area (Å²) in [4.78, 5) is 11.1. The molecule has 1 atom stereocenters. The molecule has 2 aromatic rings. The molecule has 1 unspecified atom stereocenters. The molecule has 1 aromatic carbocycles. The highest BCUT2D eigenvalue weighted by Crippen LogP contribution is 2.33. The van der Waals surface area contributed by atoms with E-state index in [4.69, 9.17) is 5.11 Å². The molecule has 114 valence electrons. The summed E-state index contributed by atoms with van der Waals surface area (Å²) in [6, 6.07) is 9.27. The van der Waals surface area contributed by atoms with Crippen molar-refractivity contribution in [2.45, 2.75) is 25.8 Å². The van der Waals surface area contributed by atoms with Crippen molar-refractivity contribution in [2.24, 2.45) is 0 Å². The largest absolute Gasteiger partial charge is 0.478 e.